The molecule has 0 spiro atoms. The number of carbonyl (C=O) groups is 2. The second-order valence-corrected chi connectivity index (χ2v) is 4.70. The second-order valence-electron chi connectivity index (χ2n) is 4.70. The molecule has 0 aliphatic carbocycles. The minimum absolute atomic E-state index is 0.0199. The van der Waals surface area contributed by atoms with E-state index >= 15 is 0 Å². The van der Waals surface area contributed by atoms with E-state index in [1.54, 1.807) is 4.90 Å². The van der Waals surface area contributed by atoms with Gasteiger partial charge >= 0.3 is 12.0 Å². The van der Waals surface area contributed by atoms with E-state index in [2.05, 4.69) is 10.2 Å². The number of carboxylic acids is 1. The summed E-state index contributed by atoms with van der Waals surface area (Å²) in [5.41, 5.74) is 0. The third kappa shape index (κ3) is 3.85. The number of amides is 2. The normalized spacial score (nSPS) is 21.1. The van der Waals surface area contributed by atoms with Crippen LogP contribution in [0.15, 0.2) is 0 Å². The molecule has 2 atom stereocenters. The van der Waals surface area contributed by atoms with Crippen molar-refractivity contribution in [2.45, 2.75) is 24.9 Å². The summed E-state index contributed by atoms with van der Waals surface area (Å²) in [5.74, 6) is -1.12. The van der Waals surface area contributed by atoms with Crippen molar-refractivity contribution < 1.29 is 19.8 Å². The Labute approximate surface area is 106 Å². The minimum atomic E-state index is -1.12. The van der Waals surface area contributed by atoms with Crippen LogP contribution in [0.1, 0.15) is 12.8 Å². The van der Waals surface area contributed by atoms with E-state index in [9.17, 15) is 9.59 Å². The molecule has 0 bridgehead atoms. The Morgan fingerprint density at radius 3 is 2.61 bits per heavy atom. The van der Waals surface area contributed by atoms with Crippen LogP contribution in [0, 0.1) is 0 Å². The van der Waals surface area contributed by atoms with Gasteiger partial charge in [-0.25, -0.2) is 9.59 Å². The summed E-state index contributed by atoms with van der Waals surface area (Å²) in [5, 5.41) is 20.1. The maximum absolute atomic E-state index is 11.9. The molecule has 0 radical (unpaired) electrons. The predicted octanol–water partition coefficient (Wildman–Crippen LogP) is -0.832. The van der Waals surface area contributed by atoms with Crippen molar-refractivity contribution in [1.82, 2.24) is 15.1 Å². The third-order valence-electron chi connectivity index (χ3n) is 3.19. The topological polar surface area (TPSA) is 93.1 Å². The molecule has 104 valence electrons. The van der Waals surface area contributed by atoms with E-state index in [1.165, 1.54) is 0 Å². The first-order chi connectivity index (χ1) is 8.45. The lowest BCUT2D eigenvalue weighted by Crippen LogP contribution is -2.48. The highest BCUT2D eigenvalue weighted by atomic mass is 16.4. The lowest BCUT2D eigenvalue weighted by Gasteiger charge is -2.22. The van der Waals surface area contributed by atoms with Crippen molar-refractivity contribution in [3.63, 3.8) is 0 Å². The SMILES string of the molecule is CN(C)C1CCN(C(=O)N[C@@H](CCO)C(=O)O)C1. The molecule has 0 aromatic carbocycles. The number of nitrogens with zero attached hydrogens (tertiary/aromatic N) is 2. The number of carbonyl (C=O) groups excluding carboxylic acids is 1. The van der Waals surface area contributed by atoms with Crippen molar-refractivity contribution in [2.75, 3.05) is 33.8 Å². The Morgan fingerprint density at radius 2 is 2.17 bits per heavy atom. The van der Waals surface area contributed by atoms with Gasteiger partial charge in [0.05, 0.1) is 0 Å². The highest BCUT2D eigenvalue weighted by molar-refractivity contribution is 5.82. The molecular formula is C11H21N3O4. The molecule has 18 heavy (non-hydrogen) atoms. The molecule has 1 aliphatic rings. The Bertz CT molecular complexity index is 309. The molecule has 3 N–H and O–H groups in total. The molecule has 2 amide bonds. The van der Waals surface area contributed by atoms with Crippen LogP contribution in [0.2, 0.25) is 0 Å². The molecule has 1 heterocycles. The van der Waals surface area contributed by atoms with Gasteiger partial charge in [0.25, 0.3) is 0 Å². The van der Waals surface area contributed by atoms with Gasteiger partial charge in [-0.15, -0.1) is 0 Å². The van der Waals surface area contributed by atoms with Crippen molar-refractivity contribution in [3.05, 3.63) is 0 Å². The average Bonchev–Trinajstić information content (AvgIpc) is 2.77. The van der Waals surface area contributed by atoms with Gasteiger partial charge in [0.2, 0.25) is 0 Å². The largest absolute Gasteiger partial charge is 0.480 e. The summed E-state index contributed by atoms with van der Waals surface area (Å²) in [6, 6.07) is -1.09. The number of hydrogen-bond acceptors (Lipinski definition) is 4. The van der Waals surface area contributed by atoms with Crippen LogP contribution >= 0.6 is 0 Å². The van der Waals surface area contributed by atoms with Gasteiger partial charge in [-0.1, -0.05) is 0 Å². The number of hydrogen-bond donors (Lipinski definition) is 3. The molecule has 7 nitrogen and oxygen atoms in total. The number of carboxylic acid groups (broad SMARTS) is 1. The number of aliphatic carboxylic acids is 1. The van der Waals surface area contributed by atoms with Gasteiger partial charge < -0.3 is 25.3 Å². The van der Waals surface area contributed by atoms with Crippen LogP contribution in [0.25, 0.3) is 0 Å². The lowest BCUT2D eigenvalue weighted by atomic mass is 10.2. The number of likely N-dealkylation sites (N-methyl/N-ethyl adjacent to an activating group) is 1. The monoisotopic (exact) mass is 259 g/mol. The zero-order valence-corrected chi connectivity index (χ0v) is 10.8. The van der Waals surface area contributed by atoms with E-state index in [1.807, 2.05) is 14.1 Å². The van der Waals surface area contributed by atoms with Crippen LogP contribution in [-0.4, -0.2) is 77.9 Å². The highest BCUT2D eigenvalue weighted by Crippen LogP contribution is 2.13. The summed E-state index contributed by atoms with van der Waals surface area (Å²) >= 11 is 0. The molecule has 7 heteroatoms. The van der Waals surface area contributed by atoms with Crippen LogP contribution in [0.5, 0.6) is 0 Å². The van der Waals surface area contributed by atoms with Crippen LogP contribution in [-0.2, 0) is 4.79 Å². The first-order valence-electron chi connectivity index (χ1n) is 6.01. The fourth-order valence-electron chi connectivity index (χ4n) is 1.97. The lowest BCUT2D eigenvalue weighted by molar-refractivity contribution is -0.139. The first-order valence-corrected chi connectivity index (χ1v) is 6.01. The number of aliphatic hydroxyl groups excluding tert-OH is 1. The molecule has 1 saturated heterocycles. The zero-order valence-electron chi connectivity index (χ0n) is 10.8. The maximum Gasteiger partial charge on any atom is 0.326 e. The van der Waals surface area contributed by atoms with Crippen LogP contribution in [0.4, 0.5) is 4.79 Å². The summed E-state index contributed by atoms with van der Waals surface area (Å²) in [6.45, 7) is 0.960. The Kier molecular flexibility index (Phi) is 5.36. The van der Waals surface area contributed by atoms with Crippen molar-refractivity contribution in [3.8, 4) is 0 Å². The zero-order chi connectivity index (χ0) is 13.7. The van der Waals surface area contributed by atoms with Crippen molar-refractivity contribution in [2.24, 2.45) is 0 Å². The molecule has 1 unspecified atom stereocenters. The summed E-state index contributed by atoms with van der Waals surface area (Å²) < 4.78 is 0. The number of nitrogens with one attached hydrogen (secondary N) is 1. The van der Waals surface area contributed by atoms with E-state index < -0.39 is 12.0 Å². The van der Waals surface area contributed by atoms with Crippen molar-refractivity contribution in [1.29, 1.82) is 0 Å². The summed E-state index contributed by atoms with van der Waals surface area (Å²) in [4.78, 5) is 26.4. The molecule has 1 rings (SSSR count). The third-order valence-corrected chi connectivity index (χ3v) is 3.19. The average molecular weight is 259 g/mol. The standard InChI is InChI=1S/C11H21N3O4/c1-13(2)8-3-5-14(7-8)11(18)12-9(4-6-15)10(16)17/h8-9,15H,3-7H2,1-2H3,(H,12,18)(H,16,17)/t8?,9-/m0/s1. The van der Waals surface area contributed by atoms with E-state index in [0.717, 1.165) is 6.42 Å². The molecule has 0 aromatic heterocycles. The van der Waals surface area contributed by atoms with Gasteiger partial charge in [-0.2, -0.15) is 0 Å². The van der Waals surface area contributed by atoms with E-state index in [-0.39, 0.29) is 19.1 Å². The molecule has 1 aliphatic heterocycles. The highest BCUT2D eigenvalue weighted by Gasteiger charge is 2.29. The minimum Gasteiger partial charge on any atom is -0.480 e. The Balaban J connectivity index is 2.48. The summed E-state index contributed by atoms with van der Waals surface area (Å²) in [6.07, 6.45) is 0.907. The molecule has 0 saturated carbocycles. The number of aliphatic hydroxyl groups is 1. The molecular weight excluding hydrogens is 238 g/mol. The van der Waals surface area contributed by atoms with Crippen LogP contribution in [0.3, 0.4) is 0 Å². The Morgan fingerprint density at radius 1 is 1.50 bits per heavy atom. The second kappa shape index (κ2) is 6.55. The predicted molar refractivity (Wildman–Crippen MR) is 65.3 cm³/mol. The van der Waals surface area contributed by atoms with Gasteiger partial charge in [0, 0.05) is 32.2 Å². The smallest absolute Gasteiger partial charge is 0.326 e. The molecule has 1 fully saturated rings. The van der Waals surface area contributed by atoms with E-state index in [4.69, 9.17) is 10.2 Å². The van der Waals surface area contributed by atoms with Gasteiger partial charge in [-0.05, 0) is 20.5 Å². The van der Waals surface area contributed by atoms with Gasteiger partial charge in [0.15, 0.2) is 0 Å². The van der Waals surface area contributed by atoms with E-state index in [0.29, 0.717) is 19.1 Å². The fourth-order valence-corrected chi connectivity index (χ4v) is 1.97. The quantitative estimate of drug-likeness (QED) is 0.599. The van der Waals surface area contributed by atoms with Gasteiger partial charge in [0.1, 0.15) is 6.04 Å². The van der Waals surface area contributed by atoms with Crippen molar-refractivity contribution >= 4 is 12.0 Å². The number of urea groups is 1. The summed E-state index contributed by atoms with van der Waals surface area (Å²) in [7, 11) is 3.91. The van der Waals surface area contributed by atoms with Gasteiger partial charge in [-0.3, -0.25) is 0 Å². The number of likely N-dealkylation sites (tertiary alicyclic amines) is 1. The number of rotatable bonds is 5. The van der Waals surface area contributed by atoms with Crippen LogP contribution < -0.4 is 5.32 Å². The first kappa shape index (κ1) is 14.7. The maximum atomic E-state index is 11.9. The molecule has 0 aromatic rings. The Hall–Kier alpha value is -1.34. The fraction of sp³-hybridized carbons (Fsp3) is 0.818.